The molecule has 0 radical (unpaired) electrons. The summed E-state index contributed by atoms with van der Waals surface area (Å²) in [5.74, 6) is 0. The van der Waals surface area contributed by atoms with Crippen molar-refractivity contribution in [3.05, 3.63) is 55.2 Å². The summed E-state index contributed by atoms with van der Waals surface area (Å²) in [7, 11) is 2.04. The molecule has 0 aliphatic carbocycles. The lowest BCUT2D eigenvalue weighted by molar-refractivity contribution is 0.599. The Morgan fingerprint density at radius 2 is 1.79 bits per heavy atom. The van der Waals surface area contributed by atoms with E-state index in [9.17, 15) is 0 Å². The van der Waals surface area contributed by atoms with Crippen molar-refractivity contribution in [1.82, 2.24) is 5.32 Å². The molecule has 1 unspecified atom stereocenters. The second kappa shape index (κ2) is 6.21. The van der Waals surface area contributed by atoms with Crippen molar-refractivity contribution in [2.75, 3.05) is 7.05 Å². The Labute approximate surface area is 128 Å². The third-order valence-corrected chi connectivity index (χ3v) is 5.27. The molecule has 3 heteroatoms. The monoisotopic (exact) mass is 337 g/mol. The zero-order chi connectivity index (χ0) is 14.0. The predicted molar refractivity (Wildman–Crippen MR) is 88.2 cm³/mol. The number of nitrogens with one attached hydrogen (secondary N) is 1. The SMILES string of the molecule is CNC(Cc1c(C)cc(C)cc1C)c1ccc(Br)s1. The highest BCUT2D eigenvalue weighted by Gasteiger charge is 2.15. The van der Waals surface area contributed by atoms with Gasteiger partial charge in [0.25, 0.3) is 0 Å². The van der Waals surface area contributed by atoms with Crippen LogP contribution in [-0.2, 0) is 6.42 Å². The number of thiophene rings is 1. The molecule has 1 heterocycles. The third kappa shape index (κ3) is 3.47. The number of rotatable bonds is 4. The van der Waals surface area contributed by atoms with Gasteiger partial charge >= 0.3 is 0 Å². The van der Waals surface area contributed by atoms with Crippen molar-refractivity contribution < 1.29 is 0 Å². The molecule has 2 rings (SSSR count). The van der Waals surface area contributed by atoms with Gasteiger partial charge in [0.05, 0.1) is 3.79 Å². The van der Waals surface area contributed by atoms with E-state index in [0.717, 1.165) is 6.42 Å². The second-order valence-corrected chi connectivity index (χ2v) is 7.56. The Balaban J connectivity index is 2.28. The van der Waals surface area contributed by atoms with Gasteiger partial charge in [0.1, 0.15) is 0 Å². The number of halogens is 1. The van der Waals surface area contributed by atoms with Gasteiger partial charge in [-0.1, -0.05) is 17.7 Å². The molecule has 0 amide bonds. The van der Waals surface area contributed by atoms with Crippen LogP contribution in [0.4, 0.5) is 0 Å². The molecular weight excluding hydrogens is 318 g/mol. The van der Waals surface area contributed by atoms with Gasteiger partial charge in [-0.15, -0.1) is 11.3 Å². The molecule has 0 spiro atoms. The predicted octanol–water partition coefficient (Wildman–Crippen LogP) is 4.94. The lowest BCUT2D eigenvalue weighted by atomic mass is 9.94. The number of hydrogen-bond donors (Lipinski definition) is 1. The molecule has 19 heavy (non-hydrogen) atoms. The summed E-state index contributed by atoms with van der Waals surface area (Å²) in [5.41, 5.74) is 5.61. The fourth-order valence-corrected chi connectivity index (χ4v) is 4.13. The lowest BCUT2D eigenvalue weighted by Crippen LogP contribution is -2.18. The number of benzene rings is 1. The van der Waals surface area contributed by atoms with Crippen LogP contribution in [0.3, 0.4) is 0 Å². The summed E-state index contributed by atoms with van der Waals surface area (Å²) >= 11 is 5.35. The first-order valence-corrected chi connectivity index (χ1v) is 8.11. The van der Waals surface area contributed by atoms with Crippen LogP contribution in [0.5, 0.6) is 0 Å². The molecular formula is C16H20BrNS. The first-order valence-electron chi connectivity index (χ1n) is 6.50. The zero-order valence-corrected chi connectivity index (χ0v) is 14.3. The molecule has 0 saturated heterocycles. The van der Waals surface area contributed by atoms with Crippen molar-refractivity contribution in [3.63, 3.8) is 0 Å². The zero-order valence-electron chi connectivity index (χ0n) is 11.9. The maximum atomic E-state index is 3.54. The van der Waals surface area contributed by atoms with E-state index >= 15 is 0 Å². The molecule has 1 aromatic carbocycles. The van der Waals surface area contributed by atoms with Crippen LogP contribution in [0, 0.1) is 20.8 Å². The fourth-order valence-electron chi connectivity index (χ4n) is 2.60. The molecule has 1 N–H and O–H groups in total. The largest absolute Gasteiger partial charge is 0.312 e. The minimum atomic E-state index is 0.386. The van der Waals surface area contributed by atoms with Gasteiger partial charge in [-0.3, -0.25) is 0 Å². The standard InChI is InChI=1S/C16H20BrNS/c1-10-7-11(2)13(12(3)8-10)9-14(18-4)15-5-6-16(17)19-15/h5-8,14,18H,9H2,1-4H3. The average molecular weight is 338 g/mol. The van der Waals surface area contributed by atoms with Crippen molar-refractivity contribution in [2.45, 2.75) is 33.2 Å². The van der Waals surface area contributed by atoms with Crippen LogP contribution < -0.4 is 5.32 Å². The van der Waals surface area contributed by atoms with Crippen LogP contribution in [0.25, 0.3) is 0 Å². The quantitative estimate of drug-likeness (QED) is 0.833. The Morgan fingerprint density at radius 1 is 1.16 bits per heavy atom. The van der Waals surface area contributed by atoms with E-state index in [4.69, 9.17) is 0 Å². The van der Waals surface area contributed by atoms with E-state index in [1.807, 2.05) is 18.4 Å². The second-order valence-electron chi connectivity index (χ2n) is 5.06. The molecule has 0 saturated carbocycles. The summed E-state index contributed by atoms with van der Waals surface area (Å²) in [4.78, 5) is 1.38. The lowest BCUT2D eigenvalue weighted by Gasteiger charge is -2.18. The molecule has 1 atom stereocenters. The van der Waals surface area contributed by atoms with Crippen molar-refractivity contribution >= 4 is 27.3 Å². The minimum absolute atomic E-state index is 0.386. The maximum Gasteiger partial charge on any atom is 0.0701 e. The highest BCUT2D eigenvalue weighted by Crippen LogP contribution is 2.30. The van der Waals surface area contributed by atoms with Gasteiger partial charge < -0.3 is 5.32 Å². The van der Waals surface area contributed by atoms with Crippen LogP contribution >= 0.6 is 27.3 Å². The van der Waals surface area contributed by atoms with Gasteiger partial charge in [-0.25, -0.2) is 0 Å². The Bertz CT molecular complexity index is 551. The first kappa shape index (κ1) is 14.8. The van der Waals surface area contributed by atoms with Gasteiger partial charge in [0, 0.05) is 10.9 Å². The molecule has 102 valence electrons. The summed E-state index contributed by atoms with van der Waals surface area (Å²) in [6.45, 7) is 6.59. The van der Waals surface area contributed by atoms with Crippen molar-refractivity contribution in [1.29, 1.82) is 0 Å². The van der Waals surface area contributed by atoms with E-state index < -0.39 is 0 Å². The number of aryl methyl sites for hydroxylation is 3. The Kier molecular flexibility index (Phi) is 4.82. The molecule has 0 bridgehead atoms. The minimum Gasteiger partial charge on any atom is -0.312 e. The van der Waals surface area contributed by atoms with E-state index in [1.165, 1.54) is 30.9 Å². The molecule has 0 aliphatic heterocycles. The van der Waals surface area contributed by atoms with Gasteiger partial charge in [0.2, 0.25) is 0 Å². The normalized spacial score (nSPS) is 12.7. The summed E-state index contributed by atoms with van der Waals surface area (Å²) in [5, 5.41) is 3.44. The molecule has 0 fully saturated rings. The topological polar surface area (TPSA) is 12.0 Å². The highest BCUT2D eigenvalue weighted by atomic mass is 79.9. The Morgan fingerprint density at radius 3 is 2.26 bits per heavy atom. The first-order chi connectivity index (χ1) is 9.01. The maximum absolute atomic E-state index is 3.54. The number of hydrogen-bond acceptors (Lipinski definition) is 2. The van der Waals surface area contributed by atoms with Crippen molar-refractivity contribution in [3.8, 4) is 0 Å². The third-order valence-electron chi connectivity index (χ3n) is 3.53. The van der Waals surface area contributed by atoms with Crippen LogP contribution in [0.1, 0.15) is 33.2 Å². The summed E-state index contributed by atoms with van der Waals surface area (Å²) < 4.78 is 1.19. The van der Waals surface area contributed by atoms with E-state index in [-0.39, 0.29) is 0 Å². The van der Waals surface area contributed by atoms with Crippen LogP contribution in [-0.4, -0.2) is 7.05 Å². The van der Waals surface area contributed by atoms with Crippen LogP contribution in [0.15, 0.2) is 28.1 Å². The average Bonchev–Trinajstić information content (AvgIpc) is 2.75. The fraction of sp³-hybridized carbons (Fsp3) is 0.375. The summed E-state index contributed by atoms with van der Waals surface area (Å²) in [6.07, 6.45) is 1.04. The van der Waals surface area contributed by atoms with Gasteiger partial charge in [0.15, 0.2) is 0 Å². The van der Waals surface area contributed by atoms with E-state index in [0.29, 0.717) is 6.04 Å². The summed E-state index contributed by atoms with van der Waals surface area (Å²) in [6, 6.07) is 9.27. The smallest absolute Gasteiger partial charge is 0.0701 e. The van der Waals surface area contributed by atoms with Gasteiger partial charge in [-0.05, 0) is 79.0 Å². The number of likely N-dealkylation sites (N-methyl/N-ethyl adjacent to an activating group) is 1. The van der Waals surface area contributed by atoms with E-state index in [1.54, 1.807) is 0 Å². The highest BCUT2D eigenvalue weighted by molar-refractivity contribution is 9.11. The van der Waals surface area contributed by atoms with Crippen LogP contribution in [0.2, 0.25) is 0 Å². The van der Waals surface area contributed by atoms with Gasteiger partial charge in [-0.2, -0.15) is 0 Å². The molecule has 0 aliphatic rings. The Hall–Kier alpha value is -0.640. The van der Waals surface area contributed by atoms with Crippen molar-refractivity contribution in [2.24, 2.45) is 0 Å². The molecule has 1 nitrogen and oxygen atoms in total. The molecule has 1 aromatic heterocycles. The van der Waals surface area contributed by atoms with E-state index in [2.05, 4.69) is 66.3 Å². The molecule has 2 aromatic rings.